The molecule has 2 heterocycles. The maximum absolute atomic E-state index is 10.8. The number of nitrogens with one attached hydrogen (secondary N) is 1. The van der Waals surface area contributed by atoms with E-state index in [-0.39, 0.29) is 0 Å². The van der Waals surface area contributed by atoms with Crippen LogP contribution in [0.5, 0.6) is 0 Å². The molecule has 1 atom stereocenters. The normalized spacial score (nSPS) is 18.0. The lowest BCUT2D eigenvalue weighted by molar-refractivity contribution is -0.117. The number of carbonyl (C=O) groups excluding carboxylic acids is 1. The van der Waals surface area contributed by atoms with Crippen molar-refractivity contribution in [3.8, 4) is 0 Å². The van der Waals surface area contributed by atoms with Crippen molar-refractivity contribution in [1.29, 1.82) is 0 Å². The molecule has 0 saturated carbocycles. The fourth-order valence-electron chi connectivity index (χ4n) is 3.47. The zero-order valence-corrected chi connectivity index (χ0v) is 13.1. The van der Waals surface area contributed by atoms with Gasteiger partial charge >= 0.3 is 0 Å². The first-order valence-electron chi connectivity index (χ1n) is 8.52. The van der Waals surface area contributed by atoms with Crippen LogP contribution in [0.4, 0.5) is 5.82 Å². The number of nitrogens with zero attached hydrogens (tertiary/aromatic N) is 1. The molecule has 2 aliphatic rings. The zero-order chi connectivity index (χ0) is 14.7. The number of fused-ring (bicyclic) bond motifs is 1. The lowest BCUT2D eigenvalue weighted by Gasteiger charge is -2.10. The first kappa shape index (κ1) is 14.6. The monoisotopic (exact) mass is 286 g/mol. The number of carbonyl (C=O) groups is 1. The van der Waals surface area contributed by atoms with Gasteiger partial charge in [-0.15, -0.1) is 0 Å². The van der Waals surface area contributed by atoms with Crippen LogP contribution < -0.4 is 5.32 Å². The maximum Gasteiger partial charge on any atom is 0.130 e. The Morgan fingerprint density at radius 1 is 1.24 bits per heavy atom. The largest absolute Gasteiger partial charge is 0.370 e. The second kappa shape index (κ2) is 6.59. The minimum Gasteiger partial charge on any atom is -0.370 e. The summed E-state index contributed by atoms with van der Waals surface area (Å²) in [5, 5.41) is 3.43. The highest BCUT2D eigenvalue weighted by molar-refractivity contribution is 5.75. The number of rotatable bonds is 9. The number of hydrogen-bond donors (Lipinski definition) is 1. The summed E-state index contributed by atoms with van der Waals surface area (Å²) in [7, 11) is 0. The predicted octanol–water partition coefficient (Wildman–Crippen LogP) is 4.20. The maximum atomic E-state index is 10.8. The van der Waals surface area contributed by atoms with Crippen LogP contribution in [-0.2, 0) is 11.2 Å². The van der Waals surface area contributed by atoms with Gasteiger partial charge in [0.15, 0.2) is 0 Å². The standard InChI is InChI=1S/C18H26N2O/c1-13(21)8-6-4-2-3-5-7-9-14-12-16-15-10-11-19-18(20-14)17(15)16/h12,15H,2-11H2,1H3,(H,19,20). The first-order valence-corrected chi connectivity index (χ1v) is 8.52. The third-order valence-electron chi connectivity index (χ3n) is 4.72. The molecule has 0 spiro atoms. The van der Waals surface area contributed by atoms with Gasteiger partial charge in [0.2, 0.25) is 0 Å². The SMILES string of the molecule is CC(=O)CCCCCCCCc1cc2c3c(n1)NCCC23. The Morgan fingerprint density at radius 2 is 2.00 bits per heavy atom. The van der Waals surface area contributed by atoms with Crippen LogP contribution in [0.25, 0.3) is 0 Å². The van der Waals surface area contributed by atoms with Crippen molar-refractivity contribution in [2.45, 2.75) is 70.6 Å². The smallest absolute Gasteiger partial charge is 0.130 e. The molecule has 0 saturated heterocycles. The summed E-state index contributed by atoms with van der Waals surface area (Å²) < 4.78 is 0. The number of anilines is 1. The fraction of sp³-hybridized carbons (Fsp3) is 0.667. The van der Waals surface area contributed by atoms with Gasteiger partial charge in [0.05, 0.1) is 0 Å². The van der Waals surface area contributed by atoms with Gasteiger partial charge in [-0.3, -0.25) is 0 Å². The Kier molecular flexibility index (Phi) is 4.57. The fourth-order valence-corrected chi connectivity index (χ4v) is 3.47. The van der Waals surface area contributed by atoms with E-state index < -0.39 is 0 Å². The van der Waals surface area contributed by atoms with Gasteiger partial charge < -0.3 is 10.1 Å². The second-order valence-corrected chi connectivity index (χ2v) is 6.56. The Bertz CT molecular complexity index is 524. The van der Waals surface area contributed by atoms with E-state index in [1.807, 2.05) is 0 Å². The number of unbranched alkanes of at least 4 members (excludes halogenated alkanes) is 5. The molecular weight excluding hydrogens is 260 g/mol. The number of aromatic nitrogens is 1. The molecule has 1 aliphatic heterocycles. The Hall–Kier alpha value is -1.38. The lowest BCUT2D eigenvalue weighted by atomic mass is 10.1. The molecule has 0 amide bonds. The van der Waals surface area contributed by atoms with Gasteiger partial charge in [-0.25, -0.2) is 4.98 Å². The first-order chi connectivity index (χ1) is 10.3. The van der Waals surface area contributed by atoms with Crippen LogP contribution in [0.1, 0.15) is 81.0 Å². The molecule has 1 N–H and O–H groups in total. The highest BCUT2D eigenvalue weighted by Gasteiger charge is 2.39. The van der Waals surface area contributed by atoms with Crippen molar-refractivity contribution in [3.05, 3.63) is 22.9 Å². The summed E-state index contributed by atoms with van der Waals surface area (Å²) in [6, 6.07) is 2.34. The highest BCUT2D eigenvalue weighted by atomic mass is 16.1. The average Bonchev–Trinajstić information content (AvgIpc) is 3.17. The van der Waals surface area contributed by atoms with E-state index >= 15 is 0 Å². The van der Waals surface area contributed by atoms with Crippen LogP contribution in [0.15, 0.2) is 6.07 Å². The molecular formula is C18H26N2O. The third-order valence-corrected chi connectivity index (χ3v) is 4.72. The predicted molar refractivity (Wildman–Crippen MR) is 85.9 cm³/mol. The van der Waals surface area contributed by atoms with Crippen molar-refractivity contribution in [3.63, 3.8) is 0 Å². The summed E-state index contributed by atoms with van der Waals surface area (Å²) in [5.74, 6) is 2.23. The van der Waals surface area contributed by atoms with E-state index in [0.717, 1.165) is 31.7 Å². The van der Waals surface area contributed by atoms with E-state index in [0.29, 0.717) is 5.78 Å². The molecule has 1 aromatic rings. The zero-order valence-electron chi connectivity index (χ0n) is 13.1. The topological polar surface area (TPSA) is 42.0 Å². The average molecular weight is 286 g/mol. The third kappa shape index (κ3) is 3.63. The van der Waals surface area contributed by atoms with Crippen LogP contribution in [0.2, 0.25) is 0 Å². The number of ketones is 1. The minimum absolute atomic E-state index is 0.325. The summed E-state index contributed by atoms with van der Waals surface area (Å²) in [4.78, 5) is 15.6. The van der Waals surface area contributed by atoms with E-state index in [4.69, 9.17) is 4.98 Å². The van der Waals surface area contributed by atoms with E-state index in [9.17, 15) is 4.79 Å². The van der Waals surface area contributed by atoms with Crippen molar-refractivity contribution in [2.75, 3.05) is 11.9 Å². The number of pyridine rings is 1. The van der Waals surface area contributed by atoms with Gasteiger partial charge in [-0.1, -0.05) is 25.7 Å². The molecule has 1 aliphatic carbocycles. The van der Waals surface area contributed by atoms with E-state index in [2.05, 4.69) is 11.4 Å². The Morgan fingerprint density at radius 3 is 2.81 bits per heavy atom. The van der Waals surface area contributed by atoms with Crippen molar-refractivity contribution in [1.82, 2.24) is 4.98 Å². The molecule has 0 aromatic carbocycles. The molecule has 1 unspecified atom stereocenters. The minimum atomic E-state index is 0.325. The van der Waals surface area contributed by atoms with Crippen LogP contribution in [0, 0.1) is 0 Å². The van der Waals surface area contributed by atoms with Crippen molar-refractivity contribution >= 4 is 11.6 Å². The quantitative estimate of drug-likeness (QED) is 0.692. The molecule has 0 radical (unpaired) electrons. The van der Waals surface area contributed by atoms with Crippen molar-refractivity contribution < 1.29 is 4.79 Å². The van der Waals surface area contributed by atoms with Gasteiger partial charge in [0, 0.05) is 30.1 Å². The number of aryl methyl sites for hydroxylation is 1. The van der Waals surface area contributed by atoms with Gasteiger partial charge in [0.1, 0.15) is 11.6 Å². The molecule has 21 heavy (non-hydrogen) atoms. The van der Waals surface area contributed by atoms with Crippen LogP contribution >= 0.6 is 0 Å². The Balaban J connectivity index is 1.31. The molecule has 3 rings (SSSR count). The molecule has 3 heteroatoms. The summed E-state index contributed by atoms with van der Waals surface area (Å²) in [5.41, 5.74) is 4.33. The molecule has 0 fully saturated rings. The summed E-state index contributed by atoms with van der Waals surface area (Å²) in [6.07, 6.45) is 10.5. The van der Waals surface area contributed by atoms with Crippen LogP contribution in [0.3, 0.4) is 0 Å². The lowest BCUT2D eigenvalue weighted by Crippen LogP contribution is -2.08. The second-order valence-electron chi connectivity index (χ2n) is 6.56. The molecule has 1 aromatic heterocycles. The van der Waals surface area contributed by atoms with Crippen molar-refractivity contribution in [2.24, 2.45) is 0 Å². The van der Waals surface area contributed by atoms with Gasteiger partial charge in [0.25, 0.3) is 0 Å². The van der Waals surface area contributed by atoms with E-state index in [1.54, 1.807) is 12.5 Å². The molecule has 3 nitrogen and oxygen atoms in total. The molecule has 114 valence electrons. The van der Waals surface area contributed by atoms with E-state index in [1.165, 1.54) is 55.6 Å². The van der Waals surface area contributed by atoms with Crippen LogP contribution in [-0.4, -0.2) is 17.3 Å². The summed E-state index contributed by atoms with van der Waals surface area (Å²) in [6.45, 7) is 2.77. The number of Topliss-reactive ketones (excluding diaryl/α,β-unsaturated/α-hetero) is 1. The van der Waals surface area contributed by atoms with Gasteiger partial charge in [-0.2, -0.15) is 0 Å². The van der Waals surface area contributed by atoms with Gasteiger partial charge in [-0.05, 0) is 44.2 Å². The molecule has 0 bridgehead atoms. The summed E-state index contributed by atoms with van der Waals surface area (Å²) >= 11 is 0. The Labute approximate surface area is 127 Å². The number of hydrogen-bond acceptors (Lipinski definition) is 3. The highest BCUT2D eigenvalue weighted by Crippen LogP contribution is 2.52.